The highest BCUT2D eigenvalue weighted by atomic mass is 32.2. The number of hydrogen-bond acceptors (Lipinski definition) is 4. The van der Waals surface area contributed by atoms with Gasteiger partial charge >= 0.3 is 6.18 Å². The fourth-order valence-corrected chi connectivity index (χ4v) is 6.24. The van der Waals surface area contributed by atoms with E-state index in [2.05, 4.69) is 5.32 Å². The molecule has 0 aromatic heterocycles. The molecule has 2 amide bonds. The van der Waals surface area contributed by atoms with Crippen molar-refractivity contribution < 1.29 is 35.6 Å². The van der Waals surface area contributed by atoms with Gasteiger partial charge in [0, 0.05) is 25.1 Å². The third-order valence-corrected chi connectivity index (χ3v) is 8.98. The van der Waals surface area contributed by atoms with Gasteiger partial charge < -0.3 is 10.2 Å². The normalized spacial score (nSPS) is 12.3. The van der Waals surface area contributed by atoms with E-state index in [-0.39, 0.29) is 23.4 Å². The molecule has 242 valence electrons. The van der Waals surface area contributed by atoms with E-state index in [0.29, 0.717) is 22.4 Å². The zero-order chi connectivity index (χ0) is 33.3. The van der Waals surface area contributed by atoms with Crippen LogP contribution in [0, 0.1) is 5.82 Å². The van der Waals surface area contributed by atoms with E-state index in [4.69, 9.17) is 0 Å². The molecule has 0 bridgehead atoms. The summed E-state index contributed by atoms with van der Waals surface area (Å²) in [6, 6.07) is 23.8. The Morgan fingerprint density at radius 3 is 2.11 bits per heavy atom. The first-order valence-electron chi connectivity index (χ1n) is 14.5. The van der Waals surface area contributed by atoms with Crippen LogP contribution in [0.25, 0.3) is 0 Å². The number of benzene rings is 4. The number of anilines is 1. The Hall–Kier alpha value is -4.71. The van der Waals surface area contributed by atoms with Gasteiger partial charge in [0.2, 0.25) is 11.8 Å². The van der Waals surface area contributed by atoms with Gasteiger partial charge in [0.25, 0.3) is 10.0 Å². The second kappa shape index (κ2) is 15.0. The number of halogens is 4. The first-order chi connectivity index (χ1) is 21.9. The van der Waals surface area contributed by atoms with Crippen LogP contribution < -0.4 is 9.62 Å². The maximum absolute atomic E-state index is 15.0. The number of sulfonamides is 1. The van der Waals surface area contributed by atoms with Crippen LogP contribution >= 0.6 is 0 Å². The molecular weight excluding hydrogens is 622 g/mol. The predicted molar refractivity (Wildman–Crippen MR) is 167 cm³/mol. The lowest BCUT2D eigenvalue weighted by molar-refractivity contribution is -0.140. The first kappa shape index (κ1) is 34.2. The number of hydrogen-bond donors (Lipinski definition) is 1. The molecule has 46 heavy (non-hydrogen) atoms. The number of alkyl halides is 3. The lowest BCUT2D eigenvalue weighted by atomic mass is 10.0. The molecule has 4 rings (SSSR count). The molecule has 0 heterocycles. The van der Waals surface area contributed by atoms with Gasteiger partial charge in [0.05, 0.1) is 16.1 Å². The summed E-state index contributed by atoms with van der Waals surface area (Å²) in [5.41, 5.74) is -0.784. The maximum atomic E-state index is 15.0. The van der Waals surface area contributed by atoms with Crippen LogP contribution in [0.1, 0.15) is 30.0 Å². The van der Waals surface area contributed by atoms with Crippen molar-refractivity contribution in [2.75, 3.05) is 17.4 Å². The first-order valence-corrected chi connectivity index (χ1v) is 16.0. The summed E-state index contributed by atoms with van der Waals surface area (Å²) in [7, 11) is -4.60. The summed E-state index contributed by atoms with van der Waals surface area (Å²) in [6.07, 6.45) is -4.20. The molecule has 0 unspecified atom stereocenters. The van der Waals surface area contributed by atoms with Crippen molar-refractivity contribution in [2.45, 2.75) is 43.4 Å². The van der Waals surface area contributed by atoms with Gasteiger partial charge in [-0.1, -0.05) is 79.7 Å². The van der Waals surface area contributed by atoms with Gasteiger partial charge in [0.1, 0.15) is 18.4 Å². The van der Waals surface area contributed by atoms with Crippen LogP contribution in [0.4, 0.5) is 23.2 Å². The lowest BCUT2D eigenvalue weighted by Crippen LogP contribution is -2.53. The molecular formula is C34H33F4N3O4S. The van der Waals surface area contributed by atoms with Crippen molar-refractivity contribution >= 4 is 27.5 Å². The molecule has 0 aliphatic rings. The molecule has 0 saturated heterocycles. The van der Waals surface area contributed by atoms with Gasteiger partial charge in [-0.2, -0.15) is 13.2 Å². The van der Waals surface area contributed by atoms with Crippen molar-refractivity contribution in [2.24, 2.45) is 0 Å². The number of nitrogens with one attached hydrogen (secondary N) is 1. The number of amides is 2. The summed E-state index contributed by atoms with van der Waals surface area (Å²) in [6.45, 7) is 0.741. The quantitative estimate of drug-likeness (QED) is 0.174. The third kappa shape index (κ3) is 8.51. The zero-order valence-electron chi connectivity index (χ0n) is 25.0. The zero-order valence-corrected chi connectivity index (χ0v) is 25.8. The highest BCUT2D eigenvalue weighted by Gasteiger charge is 2.36. The van der Waals surface area contributed by atoms with Crippen molar-refractivity contribution in [3.05, 3.63) is 132 Å². The van der Waals surface area contributed by atoms with Crippen LogP contribution in [0.3, 0.4) is 0 Å². The van der Waals surface area contributed by atoms with E-state index in [0.717, 1.165) is 23.1 Å². The van der Waals surface area contributed by atoms with Crippen molar-refractivity contribution in [3.63, 3.8) is 0 Å². The SMILES string of the molecule is CCCNC(=O)[C@H](Cc1ccccc1)N(Cc1ccccc1F)C(=O)CN(c1cccc(C(F)(F)F)c1)S(=O)(=O)c1ccccc1. The Bertz CT molecular complexity index is 1740. The average molecular weight is 656 g/mol. The Labute approximate surface area is 265 Å². The smallest absolute Gasteiger partial charge is 0.354 e. The van der Waals surface area contributed by atoms with Gasteiger partial charge in [-0.05, 0) is 48.4 Å². The topological polar surface area (TPSA) is 86.8 Å². The van der Waals surface area contributed by atoms with Crippen molar-refractivity contribution in [3.8, 4) is 0 Å². The molecule has 0 aliphatic heterocycles. The molecule has 0 aliphatic carbocycles. The van der Waals surface area contributed by atoms with E-state index in [1.54, 1.807) is 42.5 Å². The van der Waals surface area contributed by atoms with Gasteiger partial charge in [-0.15, -0.1) is 0 Å². The van der Waals surface area contributed by atoms with E-state index in [9.17, 15) is 35.6 Å². The van der Waals surface area contributed by atoms with Gasteiger partial charge in [0.15, 0.2) is 0 Å². The summed E-state index contributed by atoms with van der Waals surface area (Å²) in [5.74, 6) is -2.13. The van der Waals surface area contributed by atoms with Crippen molar-refractivity contribution in [1.29, 1.82) is 0 Å². The minimum Gasteiger partial charge on any atom is -0.354 e. The van der Waals surface area contributed by atoms with Gasteiger partial charge in [-0.25, -0.2) is 12.8 Å². The monoisotopic (exact) mass is 655 g/mol. The Morgan fingerprint density at radius 1 is 0.848 bits per heavy atom. The highest BCUT2D eigenvalue weighted by molar-refractivity contribution is 7.92. The fourth-order valence-electron chi connectivity index (χ4n) is 4.82. The Kier molecular flexibility index (Phi) is 11.2. The second-order valence-corrected chi connectivity index (χ2v) is 12.3. The molecule has 4 aromatic carbocycles. The number of carbonyl (C=O) groups is 2. The minimum absolute atomic E-state index is 0.00553. The molecule has 0 fully saturated rings. The molecule has 1 N–H and O–H groups in total. The van der Waals surface area contributed by atoms with Crippen LogP contribution in [0.2, 0.25) is 0 Å². The predicted octanol–water partition coefficient (Wildman–Crippen LogP) is 6.21. The standard InChI is InChI=1S/C34H33F4N3O4S/c1-2-20-39-33(43)31(21-25-12-5-3-6-13-25)40(23-26-14-9-10-19-30(26)35)32(42)24-41(46(44,45)29-17-7-4-8-18-29)28-16-11-15-27(22-28)34(36,37)38/h3-19,22,31H,2,20-21,23-24H2,1H3,(H,39,43)/t31-/m0/s1. The average Bonchev–Trinajstić information content (AvgIpc) is 3.05. The van der Waals surface area contributed by atoms with E-state index >= 15 is 0 Å². The molecule has 1 atom stereocenters. The molecule has 7 nitrogen and oxygen atoms in total. The summed E-state index contributed by atoms with van der Waals surface area (Å²) in [5, 5.41) is 2.77. The van der Waals surface area contributed by atoms with E-state index < -0.39 is 64.2 Å². The minimum atomic E-state index is -4.79. The molecule has 4 aromatic rings. The van der Waals surface area contributed by atoms with Crippen LogP contribution in [0.5, 0.6) is 0 Å². The van der Waals surface area contributed by atoms with Gasteiger partial charge in [-0.3, -0.25) is 13.9 Å². The van der Waals surface area contributed by atoms with Crippen LogP contribution in [0.15, 0.2) is 114 Å². The number of rotatable bonds is 13. The largest absolute Gasteiger partial charge is 0.416 e. The van der Waals surface area contributed by atoms with E-state index in [1.165, 1.54) is 42.5 Å². The molecule has 0 radical (unpaired) electrons. The number of carbonyl (C=O) groups excluding carboxylic acids is 2. The molecule has 0 saturated carbocycles. The fraction of sp³-hybridized carbons (Fsp3) is 0.235. The maximum Gasteiger partial charge on any atom is 0.416 e. The van der Waals surface area contributed by atoms with Crippen LogP contribution in [-0.2, 0) is 38.8 Å². The summed E-state index contributed by atoms with van der Waals surface area (Å²) >= 11 is 0. The molecule has 12 heteroatoms. The van der Waals surface area contributed by atoms with Crippen LogP contribution in [-0.4, -0.2) is 44.3 Å². The molecule has 0 spiro atoms. The van der Waals surface area contributed by atoms with E-state index in [1.807, 2.05) is 6.92 Å². The Morgan fingerprint density at radius 2 is 1.48 bits per heavy atom. The third-order valence-electron chi connectivity index (χ3n) is 7.19. The number of nitrogens with zero attached hydrogens (tertiary/aromatic N) is 2. The summed E-state index contributed by atoms with van der Waals surface area (Å²) in [4.78, 5) is 28.7. The highest BCUT2D eigenvalue weighted by Crippen LogP contribution is 2.33. The lowest BCUT2D eigenvalue weighted by Gasteiger charge is -2.34. The summed E-state index contributed by atoms with van der Waals surface area (Å²) < 4.78 is 84.5. The second-order valence-electron chi connectivity index (χ2n) is 10.5. The van der Waals surface area contributed by atoms with Crippen molar-refractivity contribution in [1.82, 2.24) is 10.2 Å². The Balaban J connectivity index is 1.84.